The smallest absolute Gasteiger partial charge is 0.0448 e. The van der Waals surface area contributed by atoms with Gasteiger partial charge >= 0.3 is 0 Å². The van der Waals surface area contributed by atoms with Crippen LogP contribution < -0.4 is 4.90 Å². The molecule has 0 radical (unpaired) electrons. The molecule has 0 unspecified atom stereocenters. The third kappa shape index (κ3) is 1.77. The molecule has 3 rings (SSSR count). The lowest BCUT2D eigenvalue weighted by Gasteiger charge is -2.22. The van der Waals surface area contributed by atoms with Gasteiger partial charge in [0.25, 0.3) is 0 Å². The van der Waals surface area contributed by atoms with Crippen LogP contribution in [-0.4, -0.2) is 7.05 Å². The predicted octanol–water partition coefficient (Wildman–Crippen LogP) is 4.90. The maximum Gasteiger partial charge on any atom is 0.0448 e. The standard InChI is InChI=1S/C19H21N/c1-13-6-8-15(9-7-13)16-10-11-18-17(12-16)19(3,4)14(2)20(18)5/h6-12H,2H2,1,3-5H3. The molecule has 0 spiro atoms. The van der Waals surface area contributed by atoms with Gasteiger partial charge in [0, 0.05) is 23.8 Å². The summed E-state index contributed by atoms with van der Waals surface area (Å²) in [6.45, 7) is 10.9. The third-order valence-electron chi connectivity index (χ3n) is 4.54. The van der Waals surface area contributed by atoms with Crippen molar-refractivity contribution >= 4 is 5.69 Å². The Balaban J connectivity index is 2.13. The monoisotopic (exact) mass is 263 g/mol. The van der Waals surface area contributed by atoms with E-state index in [1.165, 1.54) is 27.9 Å². The second kappa shape index (κ2) is 4.24. The summed E-state index contributed by atoms with van der Waals surface area (Å²) in [5.74, 6) is 0. The number of fused-ring (bicyclic) bond motifs is 1. The lowest BCUT2D eigenvalue weighted by Crippen LogP contribution is -2.21. The van der Waals surface area contributed by atoms with Crippen LogP contribution in [0.3, 0.4) is 0 Å². The van der Waals surface area contributed by atoms with E-state index in [0.29, 0.717) is 0 Å². The van der Waals surface area contributed by atoms with Gasteiger partial charge in [0.15, 0.2) is 0 Å². The molecule has 0 bridgehead atoms. The van der Waals surface area contributed by atoms with Crippen molar-refractivity contribution in [1.82, 2.24) is 0 Å². The molecule has 20 heavy (non-hydrogen) atoms. The van der Waals surface area contributed by atoms with Gasteiger partial charge in [-0.05, 0) is 35.7 Å². The predicted molar refractivity (Wildman–Crippen MR) is 87.2 cm³/mol. The van der Waals surface area contributed by atoms with E-state index in [-0.39, 0.29) is 5.41 Å². The van der Waals surface area contributed by atoms with Gasteiger partial charge in [0.1, 0.15) is 0 Å². The minimum atomic E-state index is 0.00475. The average Bonchev–Trinajstić information content (AvgIpc) is 2.61. The van der Waals surface area contributed by atoms with E-state index in [0.717, 1.165) is 5.70 Å². The van der Waals surface area contributed by atoms with Crippen LogP contribution in [-0.2, 0) is 5.41 Å². The third-order valence-corrected chi connectivity index (χ3v) is 4.54. The molecule has 0 aromatic heterocycles. The zero-order valence-corrected chi connectivity index (χ0v) is 12.7. The quantitative estimate of drug-likeness (QED) is 0.707. The van der Waals surface area contributed by atoms with Crippen molar-refractivity contribution in [2.24, 2.45) is 0 Å². The van der Waals surface area contributed by atoms with Crippen molar-refractivity contribution in [3.63, 3.8) is 0 Å². The Hall–Kier alpha value is -2.02. The maximum absolute atomic E-state index is 4.24. The molecule has 2 aromatic rings. The van der Waals surface area contributed by atoms with E-state index >= 15 is 0 Å². The number of aryl methyl sites for hydroxylation is 1. The molecule has 1 heterocycles. The highest BCUT2D eigenvalue weighted by molar-refractivity contribution is 5.76. The molecule has 0 fully saturated rings. The Morgan fingerprint density at radius 2 is 1.55 bits per heavy atom. The Kier molecular flexibility index (Phi) is 2.75. The van der Waals surface area contributed by atoms with Gasteiger partial charge in [0.05, 0.1) is 0 Å². The first-order valence-electron chi connectivity index (χ1n) is 7.06. The van der Waals surface area contributed by atoms with E-state index in [1.807, 2.05) is 0 Å². The fraction of sp³-hybridized carbons (Fsp3) is 0.263. The van der Waals surface area contributed by atoms with E-state index in [9.17, 15) is 0 Å². The first-order chi connectivity index (χ1) is 9.41. The van der Waals surface area contributed by atoms with Gasteiger partial charge in [-0.3, -0.25) is 0 Å². The lowest BCUT2D eigenvalue weighted by atomic mass is 9.83. The fourth-order valence-corrected chi connectivity index (χ4v) is 2.97. The molecule has 0 atom stereocenters. The number of rotatable bonds is 1. The van der Waals surface area contributed by atoms with Crippen molar-refractivity contribution in [2.45, 2.75) is 26.2 Å². The van der Waals surface area contributed by atoms with Crippen LogP contribution in [0.4, 0.5) is 5.69 Å². The number of hydrogen-bond acceptors (Lipinski definition) is 1. The summed E-state index contributed by atoms with van der Waals surface area (Å²) in [7, 11) is 2.10. The molecule has 0 saturated carbocycles. The van der Waals surface area contributed by atoms with Crippen LogP contribution >= 0.6 is 0 Å². The van der Waals surface area contributed by atoms with Crippen LogP contribution in [0.15, 0.2) is 54.7 Å². The number of benzene rings is 2. The first kappa shape index (κ1) is 13.0. The SMILES string of the molecule is C=C1N(C)c2ccc(-c3ccc(C)cc3)cc2C1(C)C. The van der Waals surface area contributed by atoms with Crippen LogP contribution in [0.25, 0.3) is 11.1 Å². The average molecular weight is 263 g/mol. The Bertz CT molecular complexity index is 677. The number of hydrogen-bond donors (Lipinski definition) is 0. The minimum Gasteiger partial charge on any atom is -0.348 e. The van der Waals surface area contributed by atoms with Crippen molar-refractivity contribution in [3.05, 3.63) is 65.9 Å². The summed E-state index contributed by atoms with van der Waals surface area (Å²) in [6.07, 6.45) is 0. The zero-order valence-electron chi connectivity index (χ0n) is 12.7. The number of allylic oxidation sites excluding steroid dienone is 1. The van der Waals surface area contributed by atoms with Crippen LogP contribution in [0.2, 0.25) is 0 Å². The Morgan fingerprint density at radius 3 is 2.20 bits per heavy atom. The van der Waals surface area contributed by atoms with Gasteiger partial charge in [-0.15, -0.1) is 0 Å². The van der Waals surface area contributed by atoms with Gasteiger partial charge in [-0.1, -0.05) is 56.3 Å². The molecule has 0 N–H and O–H groups in total. The highest BCUT2D eigenvalue weighted by Gasteiger charge is 2.37. The molecule has 0 saturated heterocycles. The van der Waals surface area contributed by atoms with E-state index in [1.54, 1.807) is 0 Å². The van der Waals surface area contributed by atoms with E-state index in [4.69, 9.17) is 0 Å². The molecule has 0 aliphatic carbocycles. The van der Waals surface area contributed by atoms with Crippen molar-refractivity contribution in [2.75, 3.05) is 11.9 Å². The van der Waals surface area contributed by atoms with E-state index < -0.39 is 0 Å². The summed E-state index contributed by atoms with van der Waals surface area (Å²) < 4.78 is 0. The molecule has 1 nitrogen and oxygen atoms in total. The summed E-state index contributed by atoms with van der Waals surface area (Å²) in [5.41, 5.74) is 7.65. The van der Waals surface area contributed by atoms with Crippen molar-refractivity contribution in [1.29, 1.82) is 0 Å². The molecule has 1 heteroatoms. The highest BCUT2D eigenvalue weighted by Crippen LogP contribution is 2.47. The van der Waals surface area contributed by atoms with Crippen LogP contribution in [0.1, 0.15) is 25.0 Å². The minimum absolute atomic E-state index is 0.00475. The van der Waals surface area contributed by atoms with Gasteiger partial charge in [-0.25, -0.2) is 0 Å². The molecular weight excluding hydrogens is 242 g/mol. The van der Waals surface area contributed by atoms with Crippen molar-refractivity contribution in [3.8, 4) is 11.1 Å². The van der Waals surface area contributed by atoms with E-state index in [2.05, 4.69) is 81.8 Å². The number of nitrogens with zero attached hydrogens (tertiary/aromatic N) is 1. The molecular formula is C19H21N. The molecule has 102 valence electrons. The molecule has 2 aromatic carbocycles. The number of anilines is 1. The normalized spacial score (nSPS) is 16.4. The first-order valence-corrected chi connectivity index (χ1v) is 7.06. The van der Waals surface area contributed by atoms with Crippen LogP contribution in [0.5, 0.6) is 0 Å². The topological polar surface area (TPSA) is 3.24 Å². The van der Waals surface area contributed by atoms with Gasteiger partial charge in [-0.2, -0.15) is 0 Å². The molecule has 1 aliphatic heterocycles. The van der Waals surface area contributed by atoms with Crippen LogP contribution in [0, 0.1) is 6.92 Å². The summed E-state index contributed by atoms with van der Waals surface area (Å²) in [5, 5.41) is 0. The second-order valence-corrected chi connectivity index (χ2v) is 6.23. The maximum atomic E-state index is 4.24. The summed E-state index contributed by atoms with van der Waals surface area (Å²) >= 11 is 0. The highest BCUT2D eigenvalue weighted by atomic mass is 15.1. The molecule has 0 amide bonds. The fourth-order valence-electron chi connectivity index (χ4n) is 2.97. The number of likely N-dealkylation sites (N-methyl/N-ethyl adjacent to an activating group) is 1. The largest absolute Gasteiger partial charge is 0.348 e. The van der Waals surface area contributed by atoms with Crippen molar-refractivity contribution < 1.29 is 0 Å². The lowest BCUT2D eigenvalue weighted by molar-refractivity contribution is 0.643. The summed E-state index contributed by atoms with van der Waals surface area (Å²) in [6, 6.07) is 15.4. The molecule has 1 aliphatic rings. The Labute approximate surface area is 121 Å². The summed E-state index contributed by atoms with van der Waals surface area (Å²) in [4.78, 5) is 2.20. The second-order valence-electron chi connectivity index (χ2n) is 6.23. The van der Waals surface area contributed by atoms with Gasteiger partial charge < -0.3 is 4.90 Å². The Morgan fingerprint density at radius 1 is 0.950 bits per heavy atom. The zero-order chi connectivity index (χ0) is 14.5. The van der Waals surface area contributed by atoms with Gasteiger partial charge in [0.2, 0.25) is 0 Å².